The highest BCUT2D eigenvalue weighted by atomic mass is 32.1. The molecule has 0 fully saturated rings. The van der Waals surface area contributed by atoms with E-state index in [1.54, 1.807) is 23.1 Å². The normalized spacial score (nSPS) is 12.9. The smallest absolute Gasteiger partial charge is 0.417 e. The Kier molecular flexibility index (Phi) is 5.93. The number of benzene rings is 2. The monoisotopic (exact) mass is 512 g/mol. The molecule has 0 amide bonds. The summed E-state index contributed by atoms with van der Waals surface area (Å²) in [5.74, 6) is -0.375. The van der Waals surface area contributed by atoms with Gasteiger partial charge in [-0.3, -0.25) is 0 Å². The van der Waals surface area contributed by atoms with Crippen molar-refractivity contribution in [3.8, 4) is 33.6 Å². The summed E-state index contributed by atoms with van der Waals surface area (Å²) in [7, 11) is 1.30. The number of methoxy groups -OCH3 is 1. The number of aromatic nitrogens is 3. The van der Waals surface area contributed by atoms with Crippen molar-refractivity contribution in [2.45, 2.75) is 19.3 Å². The number of aromatic amines is 1. The van der Waals surface area contributed by atoms with Crippen LogP contribution in [0.2, 0.25) is 0 Å². The average molecular weight is 512 g/mol. The molecule has 3 heterocycles. The Bertz CT molecular complexity index is 1520. The minimum Gasteiger partial charge on any atom is -0.497 e. The Labute approximate surface area is 206 Å². The second kappa shape index (κ2) is 9.09. The zero-order valence-electron chi connectivity index (χ0n) is 18.6. The molecule has 2 aromatic heterocycles. The van der Waals surface area contributed by atoms with Gasteiger partial charge in [0, 0.05) is 11.1 Å². The van der Waals surface area contributed by atoms with Gasteiger partial charge < -0.3 is 14.6 Å². The quantitative estimate of drug-likeness (QED) is 0.336. The van der Waals surface area contributed by atoms with Gasteiger partial charge in [-0.25, -0.2) is 9.38 Å². The van der Waals surface area contributed by atoms with E-state index in [1.807, 2.05) is 0 Å². The van der Waals surface area contributed by atoms with Crippen molar-refractivity contribution in [1.29, 1.82) is 5.26 Å². The Morgan fingerprint density at radius 2 is 1.97 bits per heavy atom. The zero-order chi connectivity index (χ0) is 25.4. The number of ether oxygens (including phenoxy) is 1. The molecule has 7 nitrogen and oxygen atoms in total. The lowest BCUT2D eigenvalue weighted by molar-refractivity contribution is -0.137. The molecule has 0 atom stereocenters. The molecule has 182 valence electrons. The van der Waals surface area contributed by atoms with E-state index < -0.39 is 17.6 Å². The van der Waals surface area contributed by atoms with E-state index in [-0.39, 0.29) is 34.0 Å². The fourth-order valence-corrected chi connectivity index (χ4v) is 4.83. The highest BCUT2D eigenvalue weighted by molar-refractivity contribution is 7.14. The molecule has 0 saturated heterocycles. The summed E-state index contributed by atoms with van der Waals surface area (Å²) in [4.78, 5) is 9.24. The number of nitriles is 1. The fraction of sp³-hybridized carbons (Fsp3) is 0.167. The summed E-state index contributed by atoms with van der Waals surface area (Å²) in [6.07, 6.45) is -3.06. The maximum absolute atomic E-state index is 14.3. The van der Waals surface area contributed by atoms with Gasteiger partial charge in [0.25, 0.3) is 0 Å². The first-order valence-corrected chi connectivity index (χ1v) is 11.4. The molecule has 36 heavy (non-hydrogen) atoms. The van der Waals surface area contributed by atoms with Crippen LogP contribution in [0.4, 0.5) is 23.2 Å². The topological polar surface area (TPSA) is 90.2 Å². The summed E-state index contributed by atoms with van der Waals surface area (Å²) in [6, 6.07) is 11.9. The van der Waals surface area contributed by atoms with Gasteiger partial charge in [-0.1, -0.05) is 23.5 Å². The first kappa shape index (κ1) is 23.5. The number of nitrogens with zero attached hydrogens (tertiary/aromatic N) is 5. The number of hydrogen-bond acceptors (Lipinski definition) is 7. The first-order valence-electron chi connectivity index (χ1n) is 10.5. The number of nitrogens with one attached hydrogen (secondary N) is 1. The molecule has 2 aromatic carbocycles. The summed E-state index contributed by atoms with van der Waals surface area (Å²) in [5.41, 5.74) is 0.952. The molecule has 4 aromatic rings. The fourth-order valence-electron chi connectivity index (χ4n) is 3.93. The Morgan fingerprint density at radius 3 is 2.69 bits per heavy atom. The van der Waals surface area contributed by atoms with Crippen LogP contribution in [0.15, 0.2) is 47.5 Å². The van der Waals surface area contributed by atoms with Gasteiger partial charge in [-0.05, 0) is 30.3 Å². The molecule has 0 saturated carbocycles. The summed E-state index contributed by atoms with van der Waals surface area (Å²) < 4.78 is 60.1. The van der Waals surface area contributed by atoms with Crippen LogP contribution < -0.4 is 4.74 Å². The molecule has 0 bridgehead atoms. The number of halogens is 4. The highest BCUT2D eigenvalue weighted by Gasteiger charge is 2.35. The van der Waals surface area contributed by atoms with E-state index in [1.165, 1.54) is 31.6 Å². The standard InChI is InChI=1S/C24H16F4N6OS/c1-35-13-6-7-14(17(8-13)24(26,27)28)23-33-32-20(36-23)11-34-10-19-22(30-12-34)16(9-29)21(31-19)15-4-2-3-5-18(15)25/h2-8,12,31H,10-11H2,1H3. The number of aliphatic imine (C=N–C) groups is 1. The molecule has 5 rings (SSSR count). The summed E-state index contributed by atoms with van der Waals surface area (Å²) in [5, 5.41) is 18.3. The van der Waals surface area contributed by atoms with Crippen LogP contribution in [0.25, 0.3) is 21.8 Å². The van der Waals surface area contributed by atoms with Gasteiger partial charge in [0.1, 0.15) is 38.9 Å². The first-order chi connectivity index (χ1) is 17.3. The van der Waals surface area contributed by atoms with Crippen LogP contribution in [0.5, 0.6) is 5.75 Å². The second-order valence-electron chi connectivity index (χ2n) is 7.85. The molecule has 1 aliphatic heterocycles. The van der Waals surface area contributed by atoms with Crippen molar-refractivity contribution in [2.24, 2.45) is 4.99 Å². The molecular formula is C24H16F4N6OS. The Hall–Kier alpha value is -4.24. The molecule has 0 unspecified atom stereocenters. The van der Waals surface area contributed by atoms with Crippen LogP contribution in [0, 0.1) is 17.1 Å². The summed E-state index contributed by atoms with van der Waals surface area (Å²) >= 11 is 1.04. The van der Waals surface area contributed by atoms with Gasteiger partial charge in [0.2, 0.25) is 0 Å². The van der Waals surface area contributed by atoms with Crippen LogP contribution in [-0.2, 0) is 19.3 Å². The van der Waals surface area contributed by atoms with Gasteiger partial charge in [0.05, 0.1) is 43.5 Å². The lowest BCUT2D eigenvalue weighted by Gasteiger charge is -2.21. The Balaban J connectivity index is 1.39. The average Bonchev–Trinajstić information content (AvgIpc) is 3.47. The number of hydrogen-bond donors (Lipinski definition) is 1. The number of fused-ring (bicyclic) bond motifs is 1. The summed E-state index contributed by atoms with van der Waals surface area (Å²) in [6.45, 7) is 0.543. The van der Waals surface area contributed by atoms with Crippen molar-refractivity contribution in [3.63, 3.8) is 0 Å². The van der Waals surface area contributed by atoms with Gasteiger partial charge in [-0.2, -0.15) is 18.4 Å². The minimum absolute atomic E-state index is 0.0841. The van der Waals surface area contributed by atoms with E-state index in [4.69, 9.17) is 4.74 Å². The minimum atomic E-state index is -4.59. The van der Waals surface area contributed by atoms with Crippen LogP contribution in [-0.4, -0.2) is 33.5 Å². The third kappa shape index (κ3) is 4.29. The number of H-pyrrole nitrogens is 1. The predicted octanol–water partition coefficient (Wildman–Crippen LogP) is 5.91. The lowest BCUT2D eigenvalue weighted by Crippen LogP contribution is -2.23. The third-order valence-corrected chi connectivity index (χ3v) is 6.52. The van der Waals surface area contributed by atoms with E-state index in [0.29, 0.717) is 28.6 Å². The molecule has 0 spiro atoms. The largest absolute Gasteiger partial charge is 0.497 e. The van der Waals surface area contributed by atoms with Gasteiger partial charge in [0.15, 0.2) is 0 Å². The van der Waals surface area contributed by atoms with Crippen molar-refractivity contribution in [3.05, 3.63) is 70.1 Å². The Morgan fingerprint density at radius 1 is 1.17 bits per heavy atom. The molecule has 0 radical (unpaired) electrons. The van der Waals surface area contributed by atoms with E-state index in [2.05, 4.69) is 26.2 Å². The van der Waals surface area contributed by atoms with Crippen molar-refractivity contribution in [1.82, 2.24) is 20.1 Å². The molecular weight excluding hydrogens is 496 g/mol. The lowest BCUT2D eigenvalue weighted by atomic mass is 10.1. The van der Waals surface area contributed by atoms with E-state index in [9.17, 15) is 22.8 Å². The van der Waals surface area contributed by atoms with Crippen LogP contribution >= 0.6 is 11.3 Å². The second-order valence-corrected chi connectivity index (χ2v) is 8.92. The van der Waals surface area contributed by atoms with Crippen LogP contribution in [0.3, 0.4) is 0 Å². The zero-order valence-corrected chi connectivity index (χ0v) is 19.4. The highest BCUT2D eigenvalue weighted by Crippen LogP contribution is 2.41. The van der Waals surface area contributed by atoms with E-state index in [0.717, 1.165) is 17.4 Å². The van der Waals surface area contributed by atoms with Gasteiger partial charge in [-0.15, -0.1) is 10.2 Å². The molecule has 12 heteroatoms. The molecule has 0 aliphatic carbocycles. The van der Waals surface area contributed by atoms with Crippen molar-refractivity contribution < 1.29 is 22.3 Å². The predicted molar refractivity (Wildman–Crippen MR) is 125 cm³/mol. The molecule has 1 aliphatic rings. The van der Waals surface area contributed by atoms with Crippen LogP contribution in [0.1, 0.15) is 21.8 Å². The maximum atomic E-state index is 14.3. The SMILES string of the molecule is COc1ccc(-c2nnc(CN3C=Nc4c([nH]c(-c5ccccc5F)c4C#N)C3)s2)c(C(F)(F)F)c1. The van der Waals surface area contributed by atoms with Gasteiger partial charge >= 0.3 is 6.18 Å². The van der Waals surface area contributed by atoms with Crippen molar-refractivity contribution >= 4 is 23.4 Å². The number of alkyl halides is 3. The van der Waals surface area contributed by atoms with Crippen molar-refractivity contribution in [2.75, 3.05) is 7.11 Å². The maximum Gasteiger partial charge on any atom is 0.417 e. The third-order valence-electron chi connectivity index (χ3n) is 5.58. The van der Waals surface area contributed by atoms with E-state index >= 15 is 0 Å². The molecule has 1 N–H and O–H groups in total. The number of rotatable bonds is 5.